The van der Waals surface area contributed by atoms with Crippen LogP contribution in [0.25, 0.3) is 0 Å². The molecule has 0 N–H and O–H groups in total. The lowest BCUT2D eigenvalue weighted by molar-refractivity contribution is -0.385. The number of nitro benzene ring substituents is 1. The first-order valence-electron chi connectivity index (χ1n) is 7.07. The van der Waals surface area contributed by atoms with E-state index < -0.39 is 4.92 Å². The molecule has 0 bridgehead atoms. The molecule has 0 fully saturated rings. The highest BCUT2D eigenvalue weighted by molar-refractivity contribution is 6.36. The standard InChI is InChI=1S/C16H11Cl2NO6/c17-12-1-9(5-20)16(14(18)4-12)24-7-11-3-13(19(21)22)2-10-6-23-8-25-15(10)11/h1-5H,6-8H2. The lowest BCUT2D eigenvalue weighted by atomic mass is 10.1. The Kier molecular flexibility index (Phi) is 5.08. The molecule has 0 aliphatic carbocycles. The summed E-state index contributed by atoms with van der Waals surface area (Å²) in [5, 5.41) is 11.6. The van der Waals surface area contributed by atoms with E-state index >= 15 is 0 Å². The number of benzene rings is 2. The number of nitro groups is 1. The Bertz CT molecular complexity index is 855. The first-order chi connectivity index (χ1) is 12.0. The minimum atomic E-state index is -0.509. The van der Waals surface area contributed by atoms with E-state index in [0.29, 0.717) is 28.2 Å². The largest absolute Gasteiger partial charge is 0.486 e. The predicted molar refractivity (Wildman–Crippen MR) is 89.6 cm³/mol. The quantitative estimate of drug-likeness (QED) is 0.437. The molecule has 3 rings (SSSR count). The third kappa shape index (κ3) is 3.68. The Morgan fingerprint density at radius 3 is 2.80 bits per heavy atom. The van der Waals surface area contributed by atoms with Crippen molar-refractivity contribution in [2.24, 2.45) is 0 Å². The van der Waals surface area contributed by atoms with Crippen LogP contribution >= 0.6 is 23.2 Å². The summed E-state index contributed by atoms with van der Waals surface area (Å²) in [6.45, 7) is 0.163. The van der Waals surface area contributed by atoms with Crippen molar-refractivity contribution in [2.45, 2.75) is 13.2 Å². The molecule has 0 saturated carbocycles. The van der Waals surface area contributed by atoms with Gasteiger partial charge in [0.1, 0.15) is 18.1 Å². The van der Waals surface area contributed by atoms with Crippen LogP contribution in [-0.2, 0) is 18.0 Å². The van der Waals surface area contributed by atoms with E-state index in [1.165, 1.54) is 24.3 Å². The molecule has 2 aromatic rings. The molecular weight excluding hydrogens is 373 g/mol. The lowest BCUT2D eigenvalue weighted by Crippen LogP contribution is -2.14. The van der Waals surface area contributed by atoms with Gasteiger partial charge in [-0.3, -0.25) is 14.9 Å². The van der Waals surface area contributed by atoms with Crippen molar-refractivity contribution in [2.75, 3.05) is 6.79 Å². The summed E-state index contributed by atoms with van der Waals surface area (Å²) in [4.78, 5) is 21.8. The SMILES string of the molecule is O=Cc1cc(Cl)cc(Cl)c1OCc1cc([N+](=O)[O-])cc2c1OCOC2. The molecular formula is C16H11Cl2NO6. The van der Waals surface area contributed by atoms with Crippen LogP contribution in [-0.4, -0.2) is 18.0 Å². The van der Waals surface area contributed by atoms with E-state index in [9.17, 15) is 14.9 Å². The molecule has 0 aromatic heterocycles. The summed E-state index contributed by atoms with van der Waals surface area (Å²) in [6.07, 6.45) is 0.570. The fourth-order valence-electron chi connectivity index (χ4n) is 2.46. The number of halogens is 2. The van der Waals surface area contributed by atoms with Gasteiger partial charge in [0.05, 0.1) is 22.1 Å². The van der Waals surface area contributed by atoms with Crippen LogP contribution < -0.4 is 9.47 Å². The van der Waals surface area contributed by atoms with Gasteiger partial charge in [-0.05, 0) is 12.1 Å². The van der Waals surface area contributed by atoms with Gasteiger partial charge in [0, 0.05) is 28.3 Å². The highest BCUT2D eigenvalue weighted by Gasteiger charge is 2.22. The second-order valence-corrected chi connectivity index (χ2v) is 6.02. The van der Waals surface area contributed by atoms with Crippen LogP contribution in [0.15, 0.2) is 24.3 Å². The number of hydrogen-bond donors (Lipinski definition) is 0. The Morgan fingerprint density at radius 1 is 1.28 bits per heavy atom. The van der Waals surface area contributed by atoms with Crippen molar-refractivity contribution in [1.82, 2.24) is 0 Å². The second-order valence-electron chi connectivity index (χ2n) is 5.17. The first-order valence-corrected chi connectivity index (χ1v) is 7.83. The van der Waals surface area contributed by atoms with Crippen molar-refractivity contribution in [3.63, 3.8) is 0 Å². The van der Waals surface area contributed by atoms with Crippen LogP contribution in [0.3, 0.4) is 0 Å². The maximum absolute atomic E-state index is 11.2. The fraction of sp³-hybridized carbons (Fsp3) is 0.188. The van der Waals surface area contributed by atoms with Crippen molar-refractivity contribution in [3.8, 4) is 11.5 Å². The van der Waals surface area contributed by atoms with Gasteiger partial charge in [0.2, 0.25) is 0 Å². The summed E-state index contributed by atoms with van der Waals surface area (Å²) in [5.74, 6) is 0.614. The molecule has 2 aromatic carbocycles. The molecule has 0 amide bonds. The molecule has 1 aliphatic rings. The number of non-ortho nitro benzene ring substituents is 1. The summed E-state index contributed by atoms with van der Waals surface area (Å²) in [7, 11) is 0. The predicted octanol–water partition coefficient (Wildman–Crippen LogP) is 4.16. The number of carbonyl (C=O) groups excluding carboxylic acids is 1. The normalized spacial score (nSPS) is 12.9. The summed E-state index contributed by atoms with van der Waals surface area (Å²) in [6, 6.07) is 5.61. The molecule has 9 heteroatoms. The number of ether oxygens (including phenoxy) is 3. The number of carbonyl (C=O) groups is 1. The molecule has 1 heterocycles. The highest BCUT2D eigenvalue weighted by Crippen LogP contribution is 2.36. The Labute approximate surface area is 152 Å². The molecule has 0 unspecified atom stereocenters. The number of rotatable bonds is 5. The van der Waals surface area contributed by atoms with Crippen molar-refractivity contribution >= 4 is 35.2 Å². The zero-order valence-corrected chi connectivity index (χ0v) is 14.2. The van der Waals surface area contributed by atoms with E-state index in [1.54, 1.807) is 0 Å². The van der Waals surface area contributed by atoms with Crippen LogP contribution in [0.1, 0.15) is 21.5 Å². The molecule has 0 spiro atoms. The van der Waals surface area contributed by atoms with Gasteiger partial charge in [0.15, 0.2) is 13.1 Å². The van der Waals surface area contributed by atoms with Gasteiger partial charge in [-0.1, -0.05) is 23.2 Å². The van der Waals surface area contributed by atoms with Crippen molar-refractivity contribution in [1.29, 1.82) is 0 Å². The minimum Gasteiger partial charge on any atom is -0.486 e. The Balaban J connectivity index is 1.95. The van der Waals surface area contributed by atoms with E-state index in [1.807, 2.05) is 0 Å². The maximum atomic E-state index is 11.2. The number of nitrogens with zero attached hydrogens (tertiary/aromatic N) is 1. The van der Waals surface area contributed by atoms with Crippen molar-refractivity contribution < 1.29 is 23.9 Å². The van der Waals surface area contributed by atoms with Gasteiger partial charge >= 0.3 is 0 Å². The number of aldehydes is 1. The molecule has 1 aliphatic heterocycles. The van der Waals surface area contributed by atoms with Gasteiger partial charge < -0.3 is 14.2 Å². The molecule has 7 nitrogen and oxygen atoms in total. The van der Waals surface area contributed by atoms with Gasteiger partial charge in [-0.25, -0.2) is 0 Å². The Morgan fingerprint density at radius 2 is 2.08 bits per heavy atom. The molecule has 0 saturated heterocycles. The van der Waals surface area contributed by atoms with E-state index in [4.69, 9.17) is 37.4 Å². The van der Waals surface area contributed by atoms with Crippen LogP contribution in [0.5, 0.6) is 11.5 Å². The lowest BCUT2D eigenvalue weighted by Gasteiger charge is -2.21. The minimum absolute atomic E-state index is 0.0408. The smallest absolute Gasteiger partial charge is 0.270 e. The maximum Gasteiger partial charge on any atom is 0.270 e. The van der Waals surface area contributed by atoms with Gasteiger partial charge in [-0.15, -0.1) is 0 Å². The van der Waals surface area contributed by atoms with E-state index in [2.05, 4.69) is 0 Å². The molecule has 0 radical (unpaired) electrons. The average Bonchev–Trinajstić information content (AvgIpc) is 2.59. The topological polar surface area (TPSA) is 87.9 Å². The van der Waals surface area contributed by atoms with Gasteiger partial charge in [-0.2, -0.15) is 0 Å². The first kappa shape index (κ1) is 17.5. The summed E-state index contributed by atoms with van der Waals surface area (Å²) >= 11 is 11.9. The van der Waals surface area contributed by atoms with Gasteiger partial charge in [0.25, 0.3) is 5.69 Å². The molecule has 25 heavy (non-hydrogen) atoms. The zero-order valence-electron chi connectivity index (χ0n) is 12.7. The average molecular weight is 384 g/mol. The highest BCUT2D eigenvalue weighted by atomic mass is 35.5. The number of fused-ring (bicyclic) bond motifs is 1. The second kappa shape index (κ2) is 7.26. The fourth-order valence-corrected chi connectivity index (χ4v) is 3.03. The molecule has 130 valence electrons. The number of hydrogen-bond acceptors (Lipinski definition) is 6. The van der Waals surface area contributed by atoms with E-state index in [-0.39, 0.29) is 42.0 Å². The van der Waals surface area contributed by atoms with Crippen LogP contribution in [0, 0.1) is 10.1 Å². The van der Waals surface area contributed by atoms with Crippen LogP contribution in [0.2, 0.25) is 10.0 Å². The summed E-state index contributed by atoms with van der Waals surface area (Å²) in [5.41, 5.74) is 1.08. The third-order valence-corrected chi connectivity index (χ3v) is 4.02. The monoisotopic (exact) mass is 383 g/mol. The Hall–Kier alpha value is -2.35. The zero-order chi connectivity index (χ0) is 18.0. The third-order valence-electron chi connectivity index (χ3n) is 3.52. The molecule has 0 atom stereocenters. The van der Waals surface area contributed by atoms with Crippen LogP contribution in [0.4, 0.5) is 5.69 Å². The van der Waals surface area contributed by atoms with E-state index in [0.717, 1.165) is 0 Å². The van der Waals surface area contributed by atoms with Crippen molar-refractivity contribution in [3.05, 3.63) is 61.1 Å². The summed E-state index contributed by atoms with van der Waals surface area (Å²) < 4.78 is 16.2.